The molecule has 6 rings (SSSR count). The van der Waals surface area contributed by atoms with E-state index in [-0.39, 0.29) is 16.4 Å². The van der Waals surface area contributed by atoms with E-state index in [0.717, 1.165) is 73.4 Å². The molecule has 3 aliphatic rings. The number of alkyl halides is 4. The van der Waals surface area contributed by atoms with E-state index in [1.54, 1.807) is 24.3 Å². The predicted octanol–water partition coefficient (Wildman–Crippen LogP) is 11.8. The van der Waals surface area contributed by atoms with Crippen LogP contribution in [0.4, 0.5) is 18.9 Å². The third-order valence-corrected chi connectivity index (χ3v) is 12.3. The molecule has 1 aromatic heterocycles. The van der Waals surface area contributed by atoms with Crippen LogP contribution in [0.3, 0.4) is 0 Å². The summed E-state index contributed by atoms with van der Waals surface area (Å²) in [4.78, 5) is 3.25. The van der Waals surface area contributed by atoms with Crippen LogP contribution in [0, 0.1) is 34.0 Å². The Balaban J connectivity index is 1.61. The fourth-order valence-electron chi connectivity index (χ4n) is 7.98. The molecule has 3 aromatic rings. The summed E-state index contributed by atoms with van der Waals surface area (Å²) < 4.78 is 59.3. The van der Waals surface area contributed by atoms with Crippen LogP contribution in [-0.2, 0) is 21.2 Å². The number of nitriles is 3. The minimum atomic E-state index is -5.10. The van der Waals surface area contributed by atoms with Crippen molar-refractivity contribution in [1.29, 1.82) is 15.8 Å². The molecular weight excluding hydrogens is 753 g/mol. The SMILES string of the molecule is CC1(C)CCN2CCC(C)(C)c3c(OCCCCCCCl)c(/C=C(\C=C\C4=C(C#N)C(=C(C#N)C#N)OC4(c4ccccc4)C(F)(F)F)c4cccs4)cc1c32. The highest BCUT2D eigenvalue weighted by Gasteiger charge is 2.65. The van der Waals surface area contributed by atoms with Crippen molar-refractivity contribution in [3.05, 3.63) is 116 Å². The lowest BCUT2D eigenvalue weighted by Gasteiger charge is -2.49. The van der Waals surface area contributed by atoms with Crippen LogP contribution in [0.1, 0.15) is 93.4 Å². The molecule has 11 heteroatoms. The van der Waals surface area contributed by atoms with Gasteiger partial charge < -0.3 is 14.4 Å². The van der Waals surface area contributed by atoms with Gasteiger partial charge in [-0.1, -0.05) is 89.1 Å². The molecule has 6 nitrogen and oxygen atoms in total. The largest absolute Gasteiger partial charge is 0.493 e. The van der Waals surface area contributed by atoms with Crippen molar-refractivity contribution in [2.45, 2.75) is 88.8 Å². The maximum absolute atomic E-state index is 15.6. The molecule has 0 spiro atoms. The second kappa shape index (κ2) is 16.3. The quantitative estimate of drug-likeness (QED) is 0.0784. The number of benzene rings is 2. The van der Waals surface area contributed by atoms with Crippen molar-refractivity contribution in [3.8, 4) is 24.0 Å². The summed E-state index contributed by atoms with van der Waals surface area (Å²) in [7, 11) is 0. The first kappa shape index (κ1) is 40.7. The second-order valence-electron chi connectivity index (χ2n) is 15.7. The van der Waals surface area contributed by atoms with Crippen molar-refractivity contribution in [3.63, 3.8) is 0 Å². The molecule has 0 bridgehead atoms. The van der Waals surface area contributed by atoms with Gasteiger partial charge in [0.25, 0.3) is 5.60 Å². The molecular formula is C45H44ClF3N4O2S. The standard InChI is InChI=1S/C45H44ClF3N4O2S/c1-42(2)18-21-53-22-19-43(3,4)38-39(53)36(42)26-31(41(38)54-23-11-6-5-10-20-46)25-30(37-15-12-24-56-37)16-17-35-34(29-52)40(32(27-50)28-51)55-44(35,45(47,48)49)33-13-8-7-9-14-33/h7-9,12-17,24-26H,5-6,10-11,18-23H2,1-4H3/b17-16+,30-25+. The Morgan fingerprint density at radius 3 is 2.29 bits per heavy atom. The number of anilines is 1. The molecule has 56 heavy (non-hydrogen) atoms. The zero-order valence-corrected chi connectivity index (χ0v) is 33.6. The van der Waals surface area contributed by atoms with Crippen molar-refractivity contribution >= 4 is 40.3 Å². The smallest absolute Gasteiger partial charge is 0.437 e. The first-order chi connectivity index (χ1) is 26.7. The van der Waals surface area contributed by atoms with Crippen molar-refractivity contribution in [1.82, 2.24) is 0 Å². The average molecular weight is 797 g/mol. The number of hydrogen-bond acceptors (Lipinski definition) is 7. The van der Waals surface area contributed by atoms with E-state index < -0.39 is 34.3 Å². The van der Waals surface area contributed by atoms with Crippen LogP contribution in [0.25, 0.3) is 11.6 Å². The summed E-state index contributed by atoms with van der Waals surface area (Å²) in [6.07, 6.45) is 5.34. The van der Waals surface area contributed by atoms with Gasteiger partial charge in [0.15, 0.2) is 11.3 Å². The molecule has 0 fully saturated rings. The Morgan fingerprint density at radius 1 is 0.964 bits per heavy atom. The molecule has 290 valence electrons. The Kier molecular flexibility index (Phi) is 11.8. The maximum Gasteiger partial charge on any atom is 0.437 e. The van der Waals surface area contributed by atoms with E-state index in [9.17, 15) is 15.8 Å². The Bertz CT molecular complexity index is 2200. The first-order valence-corrected chi connectivity index (χ1v) is 20.3. The average Bonchev–Trinajstić information content (AvgIpc) is 3.82. The molecule has 0 radical (unpaired) electrons. The highest BCUT2D eigenvalue weighted by molar-refractivity contribution is 7.11. The van der Waals surface area contributed by atoms with E-state index in [1.807, 2.05) is 29.7 Å². The Morgan fingerprint density at radius 2 is 1.66 bits per heavy atom. The van der Waals surface area contributed by atoms with Gasteiger partial charge in [-0.15, -0.1) is 22.9 Å². The fourth-order valence-corrected chi connectivity index (χ4v) is 8.89. The van der Waals surface area contributed by atoms with E-state index in [0.29, 0.717) is 18.1 Å². The lowest BCUT2D eigenvalue weighted by Crippen LogP contribution is -2.45. The highest BCUT2D eigenvalue weighted by Crippen LogP contribution is 2.57. The number of thiophene rings is 1. The summed E-state index contributed by atoms with van der Waals surface area (Å²) in [6.45, 7) is 11.4. The molecule has 4 heterocycles. The van der Waals surface area contributed by atoms with Gasteiger partial charge in [-0.25, -0.2) is 0 Å². The van der Waals surface area contributed by atoms with E-state index >= 15 is 13.2 Å². The monoisotopic (exact) mass is 796 g/mol. The molecule has 3 aliphatic heterocycles. The van der Waals surface area contributed by atoms with Crippen molar-refractivity contribution < 1.29 is 22.6 Å². The number of nitrogens with zero attached hydrogens (tertiary/aromatic N) is 4. The number of hydrogen-bond donors (Lipinski definition) is 0. The Labute approximate surface area is 336 Å². The van der Waals surface area contributed by atoms with Crippen molar-refractivity contribution in [2.75, 3.05) is 30.5 Å². The van der Waals surface area contributed by atoms with Crippen LogP contribution >= 0.6 is 22.9 Å². The zero-order chi connectivity index (χ0) is 40.3. The molecule has 1 unspecified atom stereocenters. The summed E-state index contributed by atoms with van der Waals surface area (Å²) in [5.74, 6) is 0.682. The summed E-state index contributed by atoms with van der Waals surface area (Å²) in [5.41, 5.74) is -0.646. The highest BCUT2D eigenvalue weighted by atomic mass is 35.5. The third kappa shape index (κ3) is 7.48. The molecule has 1 atom stereocenters. The lowest BCUT2D eigenvalue weighted by atomic mass is 9.68. The van der Waals surface area contributed by atoms with Crippen LogP contribution in [0.2, 0.25) is 0 Å². The van der Waals surface area contributed by atoms with Gasteiger partial charge in [0.05, 0.1) is 6.61 Å². The molecule has 2 aromatic carbocycles. The van der Waals surface area contributed by atoms with E-state index in [4.69, 9.17) is 21.1 Å². The molecule has 0 aliphatic carbocycles. The summed E-state index contributed by atoms with van der Waals surface area (Å²) >= 11 is 7.36. The topological polar surface area (TPSA) is 93.1 Å². The van der Waals surface area contributed by atoms with Gasteiger partial charge in [0.1, 0.15) is 29.5 Å². The summed E-state index contributed by atoms with van der Waals surface area (Å²) in [6, 6.07) is 18.0. The van der Waals surface area contributed by atoms with Crippen molar-refractivity contribution in [2.24, 2.45) is 0 Å². The van der Waals surface area contributed by atoms with E-state index in [2.05, 4.69) is 38.7 Å². The second-order valence-corrected chi connectivity index (χ2v) is 17.0. The van der Waals surface area contributed by atoms with Gasteiger partial charge in [0.2, 0.25) is 0 Å². The van der Waals surface area contributed by atoms with Gasteiger partial charge in [-0.3, -0.25) is 0 Å². The number of unbranched alkanes of at least 4 members (excludes halogenated alkanes) is 3. The predicted molar refractivity (Wildman–Crippen MR) is 216 cm³/mol. The van der Waals surface area contributed by atoms with Gasteiger partial charge in [0, 0.05) is 51.8 Å². The van der Waals surface area contributed by atoms with Gasteiger partial charge in [-0.05, 0) is 71.2 Å². The summed E-state index contributed by atoms with van der Waals surface area (Å²) in [5, 5.41) is 31.7. The zero-order valence-electron chi connectivity index (χ0n) is 32.0. The van der Waals surface area contributed by atoms with Crippen LogP contribution in [0.15, 0.2) is 88.5 Å². The minimum absolute atomic E-state index is 0.146. The molecule has 0 saturated carbocycles. The fraction of sp³-hybridized carbons (Fsp3) is 0.400. The molecule has 0 saturated heterocycles. The van der Waals surface area contributed by atoms with Crippen LogP contribution < -0.4 is 9.64 Å². The minimum Gasteiger partial charge on any atom is -0.493 e. The number of rotatable bonds is 12. The molecule has 0 N–H and O–H groups in total. The first-order valence-electron chi connectivity index (χ1n) is 18.8. The number of ether oxygens (including phenoxy) is 2. The van der Waals surface area contributed by atoms with Gasteiger partial charge >= 0.3 is 6.18 Å². The lowest BCUT2D eigenvalue weighted by molar-refractivity contribution is -0.249. The normalized spacial score (nSPS) is 19.9. The van der Waals surface area contributed by atoms with Crippen LogP contribution in [-0.4, -0.2) is 31.8 Å². The Hall–Kier alpha value is -4.95. The number of allylic oxidation sites excluding steroid dienone is 4. The number of halogens is 4. The van der Waals surface area contributed by atoms with Crippen LogP contribution in [0.5, 0.6) is 5.75 Å². The molecule has 0 amide bonds. The van der Waals surface area contributed by atoms with E-state index in [1.165, 1.54) is 52.9 Å². The third-order valence-electron chi connectivity index (χ3n) is 11.1. The van der Waals surface area contributed by atoms with Gasteiger partial charge in [-0.2, -0.15) is 29.0 Å². The maximum atomic E-state index is 15.6.